The summed E-state index contributed by atoms with van der Waals surface area (Å²) in [7, 11) is 0. The minimum atomic E-state index is -0.434. The van der Waals surface area contributed by atoms with Gasteiger partial charge in [0, 0.05) is 28.6 Å². The van der Waals surface area contributed by atoms with E-state index in [9.17, 15) is 10.1 Å². The highest BCUT2D eigenvalue weighted by atomic mass is 32.1. The summed E-state index contributed by atoms with van der Waals surface area (Å²) in [6.45, 7) is 0. The monoisotopic (exact) mass is 441 g/mol. The molecule has 3 aromatic heterocycles. The van der Waals surface area contributed by atoms with Gasteiger partial charge in [0.05, 0.1) is 16.5 Å². The number of hydrazone groups is 1. The standard InChI is InChI=1S/C23H15N5O3S/c29-28(30)17-8-6-16(7-9-17)20-11-10-18(31-20)12-26-27-22-21-19(15-4-2-1-3-5-15)13-32-23(21)25-14-24-22/h1-14H,(H,24,25,27)/b26-12+. The third-order valence-electron chi connectivity index (χ3n) is 4.81. The number of fused-ring (bicyclic) bond motifs is 1. The summed E-state index contributed by atoms with van der Waals surface area (Å²) in [4.78, 5) is 20.0. The third kappa shape index (κ3) is 3.84. The number of aromatic nitrogens is 2. The van der Waals surface area contributed by atoms with Gasteiger partial charge in [-0.25, -0.2) is 9.97 Å². The lowest BCUT2D eigenvalue weighted by atomic mass is 10.1. The average Bonchev–Trinajstić information content (AvgIpc) is 3.48. The number of thiophene rings is 1. The highest BCUT2D eigenvalue weighted by Gasteiger charge is 2.13. The van der Waals surface area contributed by atoms with Crippen LogP contribution < -0.4 is 5.43 Å². The fourth-order valence-corrected chi connectivity index (χ4v) is 4.19. The summed E-state index contributed by atoms with van der Waals surface area (Å²) in [5, 5.41) is 18.1. The van der Waals surface area contributed by atoms with E-state index in [1.807, 2.05) is 30.3 Å². The molecule has 0 aliphatic carbocycles. The highest BCUT2D eigenvalue weighted by Crippen LogP contribution is 2.36. The van der Waals surface area contributed by atoms with Crippen LogP contribution in [-0.4, -0.2) is 21.1 Å². The van der Waals surface area contributed by atoms with Crippen molar-refractivity contribution in [3.05, 3.63) is 94.3 Å². The van der Waals surface area contributed by atoms with Crippen molar-refractivity contribution in [2.24, 2.45) is 5.10 Å². The second-order valence-electron chi connectivity index (χ2n) is 6.79. The molecule has 2 aromatic carbocycles. The average molecular weight is 441 g/mol. The van der Waals surface area contributed by atoms with Gasteiger partial charge in [0.2, 0.25) is 0 Å². The van der Waals surface area contributed by atoms with Crippen LogP contribution in [0.25, 0.3) is 32.7 Å². The number of benzene rings is 2. The molecule has 0 spiro atoms. The molecular formula is C23H15N5O3S. The van der Waals surface area contributed by atoms with Crippen molar-refractivity contribution in [3.8, 4) is 22.5 Å². The van der Waals surface area contributed by atoms with Crippen molar-refractivity contribution in [3.63, 3.8) is 0 Å². The van der Waals surface area contributed by atoms with E-state index in [4.69, 9.17) is 4.42 Å². The smallest absolute Gasteiger partial charge is 0.269 e. The van der Waals surface area contributed by atoms with Crippen LogP contribution >= 0.6 is 11.3 Å². The van der Waals surface area contributed by atoms with Gasteiger partial charge < -0.3 is 4.42 Å². The zero-order chi connectivity index (χ0) is 21.9. The van der Waals surface area contributed by atoms with Crippen LogP contribution in [0.3, 0.4) is 0 Å². The second-order valence-corrected chi connectivity index (χ2v) is 7.65. The molecule has 0 aliphatic heterocycles. The normalized spacial score (nSPS) is 11.2. The summed E-state index contributed by atoms with van der Waals surface area (Å²) in [5.41, 5.74) is 5.89. The molecule has 9 heteroatoms. The van der Waals surface area contributed by atoms with Gasteiger partial charge in [-0.2, -0.15) is 5.10 Å². The van der Waals surface area contributed by atoms with Crippen LogP contribution in [0.1, 0.15) is 5.76 Å². The maximum Gasteiger partial charge on any atom is 0.269 e. The molecule has 0 saturated carbocycles. The van der Waals surface area contributed by atoms with Crippen LogP contribution in [0, 0.1) is 10.1 Å². The molecule has 0 amide bonds. The van der Waals surface area contributed by atoms with E-state index in [1.165, 1.54) is 18.5 Å². The van der Waals surface area contributed by atoms with Crippen LogP contribution in [0.4, 0.5) is 11.5 Å². The van der Waals surface area contributed by atoms with Crippen molar-refractivity contribution in [1.82, 2.24) is 9.97 Å². The summed E-state index contributed by atoms with van der Waals surface area (Å²) >= 11 is 1.55. The first-order valence-electron chi connectivity index (χ1n) is 9.60. The Kier molecular flexibility index (Phi) is 5.14. The van der Waals surface area contributed by atoms with Gasteiger partial charge in [-0.3, -0.25) is 15.5 Å². The number of nitro groups is 1. The topological polar surface area (TPSA) is 106 Å². The van der Waals surface area contributed by atoms with Gasteiger partial charge in [-0.05, 0) is 29.8 Å². The number of hydrogen-bond acceptors (Lipinski definition) is 8. The van der Waals surface area contributed by atoms with E-state index in [-0.39, 0.29) is 5.69 Å². The van der Waals surface area contributed by atoms with Crippen LogP contribution in [0.15, 0.2) is 88.0 Å². The molecule has 32 heavy (non-hydrogen) atoms. The molecule has 5 aromatic rings. The first-order chi connectivity index (χ1) is 15.7. The lowest BCUT2D eigenvalue weighted by molar-refractivity contribution is -0.384. The number of nitrogens with zero attached hydrogens (tertiary/aromatic N) is 4. The van der Waals surface area contributed by atoms with E-state index >= 15 is 0 Å². The zero-order valence-corrected chi connectivity index (χ0v) is 17.3. The second kappa shape index (κ2) is 8.40. The molecule has 0 unspecified atom stereocenters. The number of rotatable bonds is 6. The number of hydrogen-bond donors (Lipinski definition) is 1. The van der Waals surface area contributed by atoms with Gasteiger partial charge in [-0.15, -0.1) is 11.3 Å². The van der Waals surface area contributed by atoms with E-state index < -0.39 is 4.92 Å². The maximum absolute atomic E-state index is 10.8. The predicted molar refractivity (Wildman–Crippen MR) is 125 cm³/mol. The molecular weight excluding hydrogens is 426 g/mol. The Morgan fingerprint density at radius 3 is 2.59 bits per heavy atom. The maximum atomic E-state index is 10.8. The molecule has 0 fully saturated rings. The minimum Gasteiger partial charge on any atom is -0.455 e. The number of nitrogens with one attached hydrogen (secondary N) is 1. The Hall–Kier alpha value is -4.37. The first kappa shape index (κ1) is 19.6. The summed E-state index contributed by atoms with van der Waals surface area (Å²) in [6.07, 6.45) is 3.06. The molecule has 0 radical (unpaired) electrons. The molecule has 0 aliphatic rings. The molecule has 0 bridgehead atoms. The largest absolute Gasteiger partial charge is 0.455 e. The predicted octanol–water partition coefficient (Wildman–Crippen LogP) is 5.97. The highest BCUT2D eigenvalue weighted by molar-refractivity contribution is 7.17. The molecule has 0 saturated heterocycles. The molecule has 5 rings (SSSR count). The van der Waals surface area contributed by atoms with Gasteiger partial charge in [0.25, 0.3) is 5.69 Å². The van der Waals surface area contributed by atoms with Gasteiger partial charge in [-0.1, -0.05) is 30.3 Å². The molecule has 0 atom stereocenters. The fourth-order valence-electron chi connectivity index (χ4n) is 3.27. The number of non-ortho nitro benzene ring substituents is 1. The number of nitro benzene ring substituents is 1. The fraction of sp³-hybridized carbons (Fsp3) is 0. The Morgan fingerprint density at radius 2 is 1.81 bits per heavy atom. The van der Waals surface area contributed by atoms with Crippen molar-refractivity contribution < 1.29 is 9.34 Å². The van der Waals surface area contributed by atoms with Gasteiger partial charge in [0.1, 0.15) is 22.7 Å². The van der Waals surface area contributed by atoms with Crippen LogP contribution in [0.2, 0.25) is 0 Å². The van der Waals surface area contributed by atoms with E-state index in [1.54, 1.807) is 41.8 Å². The lowest BCUT2D eigenvalue weighted by Gasteiger charge is -2.04. The SMILES string of the molecule is O=[N+]([O-])c1ccc(-c2ccc(/C=N/Nc3ncnc4scc(-c5ccccc5)c34)o2)cc1. The lowest BCUT2D eigenvalue weighted by Crippen LogP contribution is -1.95. The van der Waals surface area contributed by atoms with E-state index in [2.05, 4.69) is 25.9 Å². The molecule has 3 heterocycles. The van der Waals surface area contributed by atoms with Crippen LogP contribution in [-0.2, 0) is 0 Å². The Balaban J connectivity index is 1.37. The van der Waals surface area contributed by atoms with Crippen LogP contribution in [0.5, 0.6) is 0 Å². The van der Waals surface area contributed by atoms with Gasteiger partial charge >= 0.3 is 0 Å². The summed E-state index contributed by atoms with van der Waals surface area (Å²) in [6, 6.07) is 19.8. The van der Waals surface area contributed by atoms with E-state index in [0.29, 0.717) is 17.3 Å². The zero-order valence-electron chi connectivity index (χ0n) is 16.5. The molecule has 1 N–H and O–H groups in total. The number of furan rings is 1. The Morgan fingerprint density at radius 1 is 1.00 bits per heavy atom. The summed E-state index contributed by atoms with van der Waals surface area (Å²) in [5.74, 6) is 1.73. The van der Waals surface area contributed by atoms with Crippen molar-refractivity contribution in [2.45, 2.75) is 0 Å². The first-order valence-corrected chi connectivity index (χ1v) is 10.5. The summed E-state index contributed by atoms with van der Waals surface area (Å²) < 4.78 is 5.78. The van der Waals surface area contributed by atoms with Crippen molar-refractivity contribution in [1.29, 1.82) is 0 Å². The molecule has 8 nitrogen and oxygen atoms in total. The Labute approximate surface area is 186 Å². The Bertz CT molecular complexity index is 1430. The van der Waals surface area contributed by atoms with E-state index in [0.717, 1.165) is 26.9 Å². The molecule has 156 valence electrons. The van der Waals surface area contributed by atoms with Crippen molar-refractivity contribution in [2.75, 3.05) is 5.43 Å². The number of anilines is 1. The minimum absolute atomic E-state index is 0.0331. The third-order valence-corrected chi connectivity index (χ3v) is 5.69. The van der Waals surface area contributed by atoms with Gasteiger partial charge in [0.15, 0.2) is 5.82 Å². The van der Waals surface area contributed by atoms with Crippen molar-refractivity contribution >= 4 is 39.3 Å². The quantitative estimate of drug-likeness (QED) is 0.198.